The van der Waals surface area contributed by atoms with Crippen molar-refractivity contribution in [3.8, 4) is 5.75 Å². The van der Waals surface area contributed by atoms with E-state index < -0.39 is 0 Å². The molecule has 1 saturated heterocycles. The second kappa shape index (κ2) is 10.6. The maximum Gasteiger partial charge on any atom is 0.270 e. The molecule has 0 aliphatic carbocycles. The Kier molecular flexibility index (Phi) is 7.14. The highest BCUT2D eigenvalue weighted by atomic mass is 35.5. The largest absolute Gasteiger partial charge is 0.497 e. The molecular formula is C29H31ClN4O2. The fraction of sp³-hybridized carbons (Fsp3) is 0.310. The molecule has 0 radical (unpaired) electrons. The van der Waals surface area contributed by atoms with Gasteiger partial charge in [0.2, 0.25) is 0 Å². The zero-order chi connectivity index (χ0) is 25.1. The van der Waals surface area contributed by atoms with Crippen LogP contribution in [0.3, 0.4) is 0 Å². The number of fused-ring (bicyclic) bond motifs is 1. The van der Waals surface area contributed by atoms with E-state index in [2.05, 4.69) is 51.6 Å². The van der Waals surface area contributed by atoms with E-state index >= 15 is 0 Å². The summed E-state index contributed by atoms with van der Waals surface area (Å²) in [6, 6.07) is 20.5. The number of amides is 1. The van der Waals surface area contributed by atoms with Gasteiger partial charge < -0.3 is 15.0 Å². The molecular weight excluding hydrogens is 472 g/mol. The van der Waals surface area contributed by atoms with E-state index in [4.69, 9.17) is 16.3 Å². The van der Waals surface area contributed by atoms with E-state index in [1.807, 2.05) is 19.1 Å². The number of aromatic nitrogens is 2. The first-order chi connectivity index (χ1) is 17.6. The summed E-state index contributed by atoms with van der Waals surface area (Å²) in [5.74, 6) is 1.36. The van der Waals surface area contributed by atoms with Crippen LogP contribution in [0.5, 0.6) is 5.75 Å². The SMILES string of the molecule is CCc1nc2cc(Cl)ccn2c1C(=O)NCc1ccc(N2CCC(c3ccc(OC)cc3)CC2)cc1. The molecule has 1 aliphatic rings. The van der Waals surface area contributed by atoms with E-state index in [0.29, 0.717) is 35.2 Å². The Morgan fingerprint density at radius 3 is 2.47 bits per heavy atom. The smallest absolute Gasteiger partial charge is 0.270 e. The Morgan fingerprint density at radius 2 is 1.81 bits per heavy atom. The van der Waals surface area contributed by atoms with Crippen molar-refractivity contribution in [2.24, 2.45) is 0 Å². The first-order valence-corrected chi connectivity index (χ1v) is 12.9. The predicted molar refractivity (Wildman–Crippen MR) is 144 cm³/mol. The van der Waals surface area contributed by atoms with Gasteiger partial charge in [0.25, 0.3) is 5.91 Å². The molecule has 186 valence electrons. The number of piperidine rings is 1. The topological polar surface area (TPSA) is 58.9 Å². The van der Waals surface area contributed by atoms with Gasteiger partial charge in [-0.15, -0.1) is 0 Å². The summed E-state index contributed by atoms with van der Waals surface area (Å²) in [6.07, 6.45) is 4.74. The maximum absolute atomic E-state index is 13.0. The summed E-state index contributed by atoms with van der Waals surface area (Å²) in [4.78, 5) is 20.0. The van der Waals surface area contributed by atoms with Gasteiger partial charge in [-0.05, 0) is 66.6 Å². The molecule has 2 aromatic heterocycles. The van der Waals surface area contributed by atoms with Crippen molar-refractivity contribution in [2.75, 3.05) is 25.1 Å². The Morgan fingerprint density at radius 1 is 1.08 bits per heavy atom. The Balaban J connectivity index is 1.18. The molecule has 1 aliphatic heterocycles. The van der Waals surface area contributed by atoms with Crippen molar-refractivity contribution in [1.82, 2.24) is 14.7 Å². The molecule has 0 atom stereocenters. The van der Waals surface area contributed by atoms with Crippen molar-refractivity contribution < 1.29 is 9.53 Å². The minimum Gasteiger partial charge on any atom is -0.497 e. The molecule has 0 unspecified atom stereocenters. The lowest BCUT2D eigenvalue weighted by Crippen LogP contribution is -2.32. The summed E-state index contributed by atoms with van der Waals surface area (Å²) in [7, 11) is 1.70. The van der Waals surface area contributed by atoms with Gasteiger partial charge in [-0.3, -0.25) is 9.20 Å². The summed E-state index contributed by atoms with van der Waals surface area (Å²) < 4.78 is 7.09. The van der Waals surface area contributed by atoms with Gasteiger partial charge in [0, 0.05) is 42.6 Å². The van der Waals surface area contributed by atoms with Crippen LogP contribution in [0.15, 0.2) is 66.9 Å². The molecule has 1 N–H and O–H groups in total. The van der Waals surface area contributed by atoms with E-state index in [9.17, 15) is 4.79 Å². The lowest BCUT2D eigenvalue weighted by molar-refractivity contribution is 0.0944. The third kappa shape index (κ3) is 5.05. The molecule has 5 rings (SSSR count). The summed E-state index contributed by atoms with van der Waals surface area (Å²) in [6.45, 7) is 4.52. The molecule has 2 aromatic carbocycles. The van der Waals surface area contributed by atoms with E-state index in [-0.39, 0.29) is 5.91 Å². The number of benzene rings is 2. The number of hydrogen-bond donors (Lipinski definition) is 1. The van der Waals surface area contributed by atoms with Gasteiger partial charge in [-0.2, -0.15) is 0 Å². The number of pyridine rings is 1. The number of nitrogens with one attached hydrogen (secondary N) is 1. The lowest BCUT2D eigenvalue weighted by atomic mass is 9.89. The Labute approximate surface area is 216 Å². The van der Waals surface area contributed by atoms with Crippen LogP contribution < -0.4 is 15.0 Å². The maximum atomic E-state index is 13.0. The molecule has 4 aromatic rings. The van der Waals surface area contributed by atoms with E-state index in [1.165, 1.54) is 11.3 Å². The van der Waals surface area contributed by atoms with Crippen LogP contribution in [0.1, 0.15) is 53.0 Å². The van der Waals surface area contributed by atoms with Crippen LogP contribution in [-0.4, -0.2) is 35.5 Å². The number of nitrogens with zero attached hydrogens (tertiary/aromatic N) is 3. The third-order valence-corrected chi connectivity index (χ3v) is 7.28. The number of aryl methyl sites for hydroxylation is 1. The average Bonchev–Trinajstić information content (AvgIpc) is 3.30. The molecule has 0 spiro atoms. The fourth-order valence-electron chi connectivity index (χ4n) is 4.99. The summed E-state index contributed by atoms with van der Waals surface area (Å²) in [5, 5.41) is 3.66. The highest BCUT2D eigenvalue weighted by molar-refractivity contribution is 6.30. The number of rotatable bonds is 7. The average molecular weight is 503 g/mol. The molecule has 0 saturated carbocycles. The molecule has 0 bridgehead atoms. The van der Waals surface area contributed by atoms with Gasteiger partial charge in [0.15, 0.2) is 0 Å². The van der Waals surface area contributed by atoms with Crippen molar-refractivity contribution in [3.63, 3.8) is 0 Å². The standard InChI is InChI=1S/C29H31ClN4O2/c1-3-26-28(34-17-14-23(30)18-27(34)32-26)29(35)31-19-20-4-8-24(9-5-20)33-15-12-22(13-16-33)21-6-10-25(36-2)11-7-21/h4-11,14,17-18,22H,3,12-13,15-16,19H2,1-2H3,(H,31,35). The Bertz CT molecular complexity index is 1340. The highest BCUT2D eigenvalue weighted by Crippen LogP contribution is 2.31. The van der Waals surface area contributed by atoms with Gasteiger partial charge in [-0.25, -0.2) is 4.98 Å². The first-order valence-electron chi connectivity index (χ1n) is 12.5. The van der Waals surface area contributed by atoms with Crippen molar-refractivity contribution in [1.29, 1.82) is 0 Å². The normalized spacial score (nSPS) is 14.2. The van der Waals surface area contributed by atoms with Gasteiger partial charge in [0.1, 0.15) is 17.1 Å². The lowest BCUT2D eigenvalue weighted by Gasteiger charge is -2.34. The number of carbonyl (C=O) groups excluding carboxylic acids is 1. The molecule has 3 heterocycles. The first kappa shape index (κ1) is 24.2. The van der Waals surface area contributed by atoms with Gasteiger partial charge in [0.05, 0.1) is 12.8 Å². The molecule has 1 fully saturated rings. The monoisotopic (exact) mass is 502 g/mol. The molecule has 1 amide bonds. The van der Waals surface area contributed by atoms with Crippen LogP contribution in [0, 0.1) is 0 Å². The van der Waals surface area contributed by atoms with Gasteiger partial charge >= 0.3 is 0 Å². The van der Waals surface area contributed by atoms with E-state index in [1.54, 1.807) is 29.8 Å². The summed E-state index contributed by atoms with van der Waals surface area (Å²) >= 11 is 6.10. The van der Waals surface area contributed by atoms with Crippen LogP contribution in [0.2, 0.25) is 5.02 Å². The number of methoxy groups -OCH3 is 1. The number of ether oxygens (including phenoxy) is 1. The number of halogens is 1. The number of hydrogen-bond acceptors (Lipinski definition) is 4. The quantitative estimate of drug-likeness (QED) is 0.343. The van der Waals surface area contributed by atoms with Crippen LogP contribution in [0.4, 0.5) is 5.69 Å². The van der Waals surface area contributed by atoms with Crippen LogP contribution >= 0.6 is 11.6 Å². The minimum atomic E-state index is -0.133. The second-order valence-corrected chi connectivity index (χ2v) is 9.65. The number of anilines is 1. The minimum absolute atomic E-state index is 0.133. The summed E-state index contributed by atoms with van der Waals surface area (Å²) in [5.41, 5.74) is 5.70. The number of imidazole rings is 1. The molecule has 7 heteroatoms. The van der Waals surface area contributed by atoms with E-state index in [0.717, 1.165) is 42.9 Å². The van der Waals surface area contributed by atoms with Crippen LogP contribution in [0.25, 0.3) is 5.65 Å². The third-order valence-electron chi connectivity index (χ3n) is 7.05. The number of carbonyl (C=O) groups is 1. The highest BCUT2D eigenvalue weighted by Gasteiger charge is 2.21. The zero-order valence-electron chi connectivity index (χ0n) is 20.7. The van der Waals surface area contributed by atoms with Crippen molar-refractivity contribution in [3.05, 3.63) is 94.4 Å². The Hall–Kier alpha value is -3.51. The van der Waals surface area contributed by atoms with Crippen molar-refractivity contribution >= 4 is 28.8 Å². The van der Waals surface area contributed by atoms with Gasteiger partial charge in [-0.1, -0.05) is 42.8 Å². The fourth-order valence-corrected chi connectivity index (χ4v) is 5.15. The predicted octanol–water partition coefficient (Wildman–Crippen LogP) is 5.87. The zero-order valence-corrected chi connectivity index (χ0v) is 21.5. The van der Waals surface area contributed by atoms with Crippen molar-refractivity contribution in [2.45, 2.75) is 38.6 Å². The molecule has 36 heavy (non-hydrogen) atoms. The molecule has 6 nitrogen and oxygen atoms in total. The van der Waals surface area contributed by atoms with Crippen LogP contribution in [-0.2, 0) is 13.0 Å². The second-order valence-electron chi connectivity index (χ2n) is 9.22.